The molecule has 1 heterocycles. The molecule has 9 atom stereocenters. The van der Waals surface area contributed by atoms with Crippen LogP contribution in [0.2, 0.25) is 0 Å². The lowest BCUT2D eigenvalue weighted by Gasteiger charge is -2.65. The largest absolute Gasteiger partial charge is 0.431 e. The Hall–Kier alpha value is -1.17. The van der Waals surface area contributed by atoms with Crippen LogP contribution in [0.1, 0.15) is 76.7 Å². The number of aliphatic hydroxyl groups is 3. The number of fused-ring (bicyclic) bond motifs is 5. The van der Waals surface area contributed by atoms with Crippen molar-refractivity contribution >= 4 is 0 Å². The van der Waals surface area contributed by atoms with E-state index in [-0.39, 0.29) is 34.9 Å². The third kappa shape index (κ3) is 2.60. The van der Waals surface area contributed by atoms with Crippen LogP contribution in [0.5, 0.6) is 0 Å². The highest BCUT2D eigenvalue weighted by molar-refractivity contribution is 5.28. The molecular formula is C24H34O5. The average Bonchev–Trinajstić information content (AvgIpc) is 2.94. The highest BCUT2D eigenvalue weighted by Crippen LogP contribution is 2.70. The molecule has 0 amide bonds. The highest BCUT2D eigenvalue weighted by atomic mass is 16.4. The summed E-state index contributed by atoms with van der Waals surface area (Å²) in [7, 11) is 0. The van der Waals surface area contributed by atoms with Crippen LogP contribution < -0.4 is 5.63 Å². The van der Waals surface area contributed by atoms with Crippen LogP contribution in [0.4, 0.5) is 0 Å². The van der Waals surface area contributed by atoms with Crippen molar-refractivity contribution in [1.82, 2.24) is 0 Å². The molecule has 5 rings (SSSR count). The third-order valence-electron chi connectivity index (χ3n) is 9.89. The Labute approximate surface area is 172 Å². The van der Waals surface area contributed by atoms with Gasteiger partial charge in [0.2, 0.25) is 0 Å². The fourth-order valence-electron chi connectivity index (χ4n) is 8.41. The first-order chi connectivity index (χ1) is 13.7. The Kier molecular flexibility index (Phi) is 4.37. The Morgan fingerprint density at radius 1 is 1.07 bits per heavy atom. The van der Waals surface area contributed by atoms with Crippen LogP contribution in [-0.4, -0.2) is 33.1 Å². The number of hydrogen-bond acceptors (Lipinski definition) is 5. The minimum Gasteiger partial charge on any atom is -0.431 e. The van der Waals surface area contributed by atoms with Gasteiger partial charge in [0.25, 0.3) is 0 Å². The SMILES string of the molecule is C[C@]12CC[C@@H](O)C[C@@H]1CC[C@@H]1[C@@H]2[C@H](O)C[C@]2(C)[C@@H](c3ccc(=O)oc3)CC[C@]12O. The molecule has 1 aromatic heterocycles. The lowest BCUT2D eigenvalue weighted by Crippen LogP contribution is -2.66. The molecule has 0 saturated heterocycles. The van der Waals surface area contributed by atoms with Crippen molar-refractivity contribution in [3.05, 3.63) is 34.4 Å². The molecule has 1 aromatic rings. The van der Waals surface area contributed by atoms with E-state index in [2.05, 4.69) is 13.8 Å². The van der Waals surface area contributed by atoms with Gasteiger partial charge in [0.15, 0.2) is 0 Å². The fraction of sp³-hybridized carbons (Fsp3) is 0.792. The third-order valence-corrected chi connectivity index (χ3v) is 9.89. The molecule has 0 aromatic carbocycles. The molecule has 0 aliphatic heterocycles. The quantitative estimate of drug-likeness (QED) is 0.671. The van der Waals surface area contributed by atoms with Gasteiger partial charge in [0.1, 0.15) is 0 Å². The van der Waals surface area contributed by atoms with Crippen molar-refractivity contribution in [2.75, 3.05) is 0 Å². The molecule has 0 spiro atoms. The smallest absolute Gasteiger partial charge is 0.335 e. The maximum absolute atomic E-state index is 12.2. The van der Waals surface area contributed by atoms with Crippen LogP contribution >= 0.6 is 0 Å². The zero-order valence-corrected chi connectivity index (χ0v) is 17.5. The monoisotopic (exact) mass is 402 g/mol. The Bertz CT molecular complexity index is 829. The van der Waals surface area contributed by atoms with Gasteiger partial charge < -0.3 is 19.7 Å². The topological polar surface area (TPSA) is 90.9 Å². The van der Waals surface area contributed by atoms with Crippen LogP contribution in [0, 0.1) is 28.6 Å². The summed E-state index contributed by atoms with van der Waals surface area (Å²) < 4.78 is 5.14. The van der Waals surface area contributed by atoms with Gasteiger partial charge in [-0.05, 0) is 92.1 Å². The molecule has 4 aliphatic carbocycles. The minimum absolute atomic E-state index is 0.0176. The number of aliphatic hydroxyl groups excluding tert-OH is 2. The van der Waals surface area contributed by atoms with Gasteiger partial charge in [-0.2, -0.15) is 0 Å². The van der Waals surface area contributed by atoms with Crippen LogP contribution in [0.3, 0.4) is 0 Å². The van der Waals surface area contributed by atoms with Crippen molar-refractivity contribution in [3.63, 3.8) is 0 Å². The van der Waals surface area contributed by atoms with Crippen molar-refractivity contribution in [3.8, 4) is 0 Å². The van der Waals surface area contributed by atoms with E-state index in [1.807, 2.05) is 6.07 Å². The Morgan fingerprint density at radius 2 is 1.86 bits per heavy atom. The second kappa shape index (κ2) is 6.41. The summed E-state index contributed by atoms with van der Waals surface area (Å²) >= 11 is 0. The number of hydrogen-bond donors (Lipinski definition) is 3. The average molecular weight is 403 g/mol. The lowest BCUT2D eigenvalue weighted by molar-refractivity contribution is -0.239. The molecule has 3 N–H and O–H groups in total. The maximum atomic E-state index is 12.2. The first kappa shape index (κ1) is 19.8. The van der Waals surface area contributed by atoms with Crippen molar-refractivity contribution < 1.29 is 19.7 Å². The molecule has 4 aliphatic rings. The molecule has 5 nitrogen and oxygen atoms in total. The standard InChI is InChI=1S/C24H34O5/c1-22-9-7-16(25)11-15(22)4-5-18-21(22)19(26)12-23(2)17(8-10-24(18,23)28)14-3-6-20(27)29-13-14/h3,6,13,15-19,21,25-26,28H,4-5,7-12H2,1-2H3/t15-,16+,17+,18+,19+,21+,22-,23+,24-/m0/s1. The summed E-state index contributed by atoms with van der Waals surface area (Å²) in [5, 5.41) is 33.8. The van der Waals surface area contributed by atoms with Crippen molar-refractivity contribution in [2.24, 2.45) is 28.6 Å². The minimum atomic E-state index is -0.818. The molecule has 5 heteroatoms. The summed E-state index contributed by atoms with van der Waals surface area (Å²) in [6.07, 6.45) is 7.49. The van der Waals surface area contributed by atoms with E-state index >= 15 is 0 Å². The normalized spacial score (nSPS) is 51.8. The van der Waals surface area contributed by atoms with Crippen LogP contribution in [-0.2, 0) is 0 Å². The maximum Gasteiger partial charge on any atom is 0.335 e. The van der Waals surface area contributed by atoms with Gasteiger partial charge in [0, 0.05) is 11.5 Å². The molecule has 4 saturated carbocycles. The van der Waals surface area contributed by atoms with E-state index in [0.717, 1.165) is 50.5 Å². The van der Waals surface area contributed by atoms with E-state index in [9.17, 15) is 20.1 Å². The van der Waals surface area contributed by atoms with Gasteiger partial charge in [-0.1, -0.05) is 13.8 Å². The zero-order chi connectivity index (χ0) is 20.6. The van der Waals surface area contributed by atoms with E-state index in [4.69, 9.17) is 4.42 Å². The summed E-state index contributed by atoms with van der Waals surface area (Å²) in [6, 6.07) is 3.28. The first-order valence-electron chi connectivity index (χ1n) is 11.4. The zero-order valence-electron chi connectivity index (χ0n) is 17.5. The molecule has 0 bridgehead atoms. The lowest BCUT2D eigenvalue weighted by atomic mass is 9.42. The Morgan fingerprint density at radius 3 is 2.59 bits per heavy atom. The molecule has 29 heavy (non-hydrogen) atoms. The predicted octanol–water partition coefficient (Wildman–Crippen LogP) is 3.21. The summed E-state index contributed by atoms with van der Waals surface area (Å²) in [6.45, 7) is 4.43. The van der Waals surface area contributed by atoms with Gasteiger partial charge in [-0.3, -0.25) is 0 Å². The van der Waals surface area contributed by atoms with Crippen molar-refractivity contribution in [1.29, 1.82) is 0 Å². The van der Waals surface area contributed by atoms with Crippen molar-refractivity contribution in [2.45, 2.75) is 88.9 Å². The molecule has 160 valence electrons. The van der Waals surface area contributed by atoms with E-state index in [0.29, 0.717) is 12.3 Å². The highest BCUT2D eigenvalue weighted by Gasteiger charge is 2.69. The van der Waals surface area contributed by atoms with Crippen LogP contribution in [0.15, 0.2) is 27.6 Å². The van der Waals surface area contributed by atoms with Gasteiger partial charge >= 0.3 is 5.63 Å². The number of rotatable bonds is 1. The Balaban J connectivity index is 1.52. The molecule has 4 fully saturated rings. The van der Waals surface area contributed by atoms with E-state index < -0.39 is 17.1 Å². The second-order valence-electron chi connectivity index (χ2n) is 10.9. The summed E-state index contributed by atoms with van der Waals surface area (Å²) in [5.74, 6) is 0.662. The molecule has 0 radical (unpaired) electrons. The van der Waals surface area contributed by atoms with E-state index in [1.54, 1.807) is 6.26 Å². The van der Waals surface area contributed by atoms with Gasteiger partial charge in [-0.25, -0.2) is 4.79 Å². The second-order valence-corrected chi connectivity index (χ2v) is 10.9. The fourth-order valence-corrected chi connectivity index (χ4v) is 8.41. The van der Waals surface area contributed by atoms with Gasteiger partial charge in [0.05, 0.1) is 24.1 Å². The van der Waals surface area contributed by atoms with Gasteiger partial charge in [-0.15, -0.1) is 0 Å². The predicted molar refractivity (Wildman–Crippen MR) is 108 cm³/mol. The van der Waals surface area contributed by atoms with Crippen LogP contribution in [0.25, 0.3) is 0 Å². The van der Waals surface area contributed by atoms with E-state index in [1.165, 1.54) is 6.07 Å². The molecule has 0 unspecified atom stereocenters. The summed E-state index contributed by atoms with van der Waals surface area (Å²) in [4.78, 5) is 11.4. The summed E-state index contributed by atoms with van der Waals surface area (Å²) in [5.41, 5.74) is -0.681. The first-order valence-corrected chi connectivity index (χ1v) is 11.4. The molecular weight excluding hydrogens is 368 g/mol.